The van der Waals surface area contributed by atoms with Gasteiger partial charge in [-0.3, -0.25) is 14.9 Å². The number of hydrogen-bond acceptors (Lipinski definition) is 2. The average Bonchev–Trinajstić information content (AvgIpc) is 2.21. The summed E-state index contributed by atoms with van der Waals surface area (Å²) in [6.45, 7) is 5.67. The van der Waals surface area contributed by atoms with Gasteiger partial charge in [0.2, 0.25) is 11.8 Å². The van der Waals surface area contributed by atoms with E-state index in [9.17, 15) is 22.8 Å². The van der Waals surface area contributed by atoms with Crippen molar-refractivity contribution in [2.45, 2.75) is 59.1 Å². The Kier molecular flexibility index (Phi) is 5.21. The first-order valence-corrected chi connectivity index (χ1v) is 6.94. The number of piperidine rings is 1. The predicted octanol–water partition coefficient (Wildman–Crippen LogP) is 3.43. The molecule has 0 aromatic carbocycles. The van der Waals surface area contributed by atoms with Gasteiger partial charge in [-0.2, -0.15) is 13.2 Å². The van der Waals surface area contributed by atoms with Crippen molar-refractivity contribution in [2.75, 3.05) is 0 Å². The van der Waals surface area contributed by atoms with Crippen molar-refractivity contribution in [3.8, 4) is 0 Å². The Morgan fingerprint density at radius 1 is 1.35 bits per heavy atom. The van der Waals surface area contributed by atoms with Gasteiger partial charge in [0.05, 0.1) is 0 Å². The molecule has 1 heterocycles. The fourth-order valence-corrected chi connectivity index (χ4v) is 2.89. The van der Waals surface area contributed by atoms with Crippen molar-refractivity contribution in [1.29, 1.82) is 0 Å². The van der Waals surface area contributed by atoms with E-state index in [1.165, 1.54) is 0 Å². The summed E-state index contributed by atoms with van der Waals surface area (Å²) >= 11 is 0. The van der Waals surface area contributed by atoms with Crippen LogP contribution < -0.4 is 5.32 Å². The zero-order valence-corrected chi connectivity index (χ0v) is 12.1. The molecule has 116 valence electrons. The number of rotatable bonds is 5. The SMILES string of the molecule is CC(C)CC1C(=O)NC(=O)CC1(C)CCCC(F)(F)F. The van der Waals surface area contributed by atoms with Gasteiger partial charge in [0, 0.05) is 18.8 Å². The van der Waals surface area contributed by atoms with E-state index in [4.69, 9.17) is 0 Å². The lowest BCUT2D eigenvalue weighted by Crippen LogP contribution is -2.51. The lowest BCUT2D eigenvalue weighted by Gasteiger charge is -2.40. The van der Waals surface area contributed by atoms with Gasteiger partial charge in [-0.1, -0.05) is 20.8 Å². The molecule has 3 nitrogen and oxygen atoms in total. The molecule has 0 aromatic rings. The van der Waals surface area contributed by atoms with E-state index < -0.39 is 23.9 Å². The molecule has 0 aromatic heterocycles. The number of halogens is 3. The van der Waals surface area contributed by atoms with Gasteiger partial charge >= 0.3 is 6.18 Å². The quantitative estimate of drug-likeness (QED) is 0.789. The van der Waals surface area contributed by atoms with Gasteiger partial charge in [-0.05, 0) is 30.6 Å². The van der Waals surface area contributed by atoms with Crippen LogP contribution in [0.4, 0.5) is 13.2 Å². The number of carbonyl (C=O) groups excluding carboxylic acids is 2. The van der Waals surface area contributed by atoms with Gasteiger partial charge < -0.3 is 0 Å². The highest BCUT2D eigenvalue weighted by Crippen LogP contribution is 2.43. The number of imide groups is 1. The first-order chi connectivity index (χ1) is 9.03. The van der Waals surface area contributed by atoms with Crippen LogP contribution in [0.1, 0.15) is 52.9 Å². The second kappa shape index (κ2) is 6.14. The second-order valence-electron chi connectivity index (χ2n) is 6.39. The summed E-state index contributed by atoms with van der Waals surface area (Å²) in [7, 11) is 0. The zero-order chi connectivity index (χ0) is 15.6. The average molecular weight is 293 g/mol. The van der Waals surface area contributed by atoms with Gasteiger partial charge in [0.1, 0.15) is 0 Å². The van der Waals surface area contributed by atoms with Gasteiger partial charge in [-0.15, -0.1) is 0 Å². The van der Waals surface area contributed by atoms with Crippen LogP contribution in [0.3, 0.4) is 0 Å². The summed E-state index contributed by atoms with van der Waals surface area (Å²) in [6, 6.07) is 0. The molecule has 2 amide bonds. The van der Waals surface area contributed by atoms with Gasteiger partial charge in [0.15, 0.2) is 0 Å². The van der Waals surface area contributed by atoms with Crippen LogP contribution in [0.15, 0.2) is 0 Å². The minimum absolute atomic E-state index is 0.0465. The minimum atomic E-state index is -4.19. The van der Waals surface area contributed by atoms with Gasteiger partial charge in [0.25, 0.3) is 0 Å². The van der Waals surface area contributed by atoms with Crippen LogP contribution in [-0.4, -0.2) is 18.0 Å². The number of amides is 2. The summed E-state index contributed by atoms with van der Waals surface area (Å²) < 4.78 is 36.7. The van der Waals surface area contributed by atoms with Gasteiger partial charge in [-0.25, -0.2) is 0 Å². The highest BCUT2D eigenvalue weighted by molar-refractivity contribution is 5.99. The molecule has 1 N–H and O–H groups in total. The molecule has 0 bridgehead atoms. The number of nitrogens with one attached hydrogen (secondary N) is 1. The standard InChI is InChI=1S/C14H22F3NO2/c1-9(2)7-10-12(20)18-11(19)8-13(10,3)5-4-6-14(15,16)17/h9-10H,4-8H2,1-3H3,(H,18,19,20). The summed E-state index contributed by atoms with van der Waals surface area (Å²) in [5.74, 6) is -0.872. The van der Waals surface area contributed by atoms with Crippen LogP contribution in [0.2, 0.25) is 0 Å². The van der Waals surface area contributed by atoms with E-state index in [1.54, 1.807) is 6.92 Å². The zero-order valence-electron chi connectivity index (χ0n) is 12.1. The maximum atomic E-state index is 12.2. The Hall–Kier alpha value is -1.07. The molecule has 6 heteroatoms. The Balaban J connectivity index is 2.77. The van der Waals surface area contributed by atoms with E-state index in [0.29, 0.717) is 6.42 Å². The Morgan fingerprint density at radius 2 is 1.95 bits per heavy atom. The third kappa shape index (κ3) is 4.80. The smallest absolute Gasteiger partial charge is 0.296 e. The van der Waals surface area contributed by atoms with Crippen molar-refractivity contribution >= 4 is 11.8 Å². The first-order valence-electron chi connectivity index (χ1n) is 6.94. The van der Waals surface area contributed by atoms with E-state index in [0.717, 1.165) is 0 Å². The Labute approximate surface area is 117 Å². The van der Waals surface area contributed by atoms with Crippen molar-refractivity contribution in [3.05, 3.63) is 0 Å². The molecule has 1 aliphatic heterocycles. The van der Waals surface area contributed by atoms with Crippen molar-refractivity contribution < 1.29 is 22.8 Å². The van der Waals surface area contributed by atoms with Crippen LogP contribution in [0, 0.1) is 17.3 Å². The number of hydrogen-bond donors (Lipinski definition) is 1. The molecule has 0 radical (unpaired) electrons. The Morgan fingerprint density at radius 3 is 2.45 bits per heavy atom. The fourth-order valence-electron chi connectivity index (χ4n) is 2.89. The molecule has 0 spiro atoms. The van der Waals surface area contributed by atoms with Crippen molar-refractivity contribution in [3.63, 3.8) is 0 Å². The molecule has 2 atom stereocenters. The molecule has 1 rings (SSSR count). The summed E-state index contributed by atoms with van der Waals surface area (Å²) in [5, 5.41) is 2.30. The monoisotopic (exact) mass is 293 g/mol. The maximum Gasteiger partial charge on any atom is 0.389 e. The summed E-state index contributed by atoms with van der Waals surface area (Å²) in [4.78, 5) is 23.5. The highest BCUT2D eigenvalue weighted by atomic mass is 19.4. The van der Waals surface area contributed by atoms with E-state index in [-0.39, 0.29) is 37.0 Å². The molecule has 20 heavy (non-hydrogen) atoms. The lowest BCUT2D eigenvalue weighted by molar-refractivity contribution is -0.146. The minimum Gasteiger partial charge on any atom is -0.296 e. The third-order valence-electron chi connectivity index (χ3n) is 3.90. The van der Waals surface area contributed by atoms with E-state index in [1.807, 2.05) is 13.8 Å². The Bertz CT molecular complexity index is 379. The van der Waals surface area contributed by atoms with Crippen LogP contribution in [0.5, 0.6) is 0 Å². The molecule has 0 saturated carbocycles. The van der Waals surface area contributed by atoms with E-state index >= 15 is 0 Å². The van der Waals surface area contributed by atoms with Crippen molar-refractivity contribution in [1.82, 2.24) is 5.32 Å². The van der Waals surface area contributed by atoms with Crippen LogP contribution in [0.25, 0.3) is 0 Å². The van der Waals surface area contributed by atoms with Crippen molar-refractivity contribution in [2.24, 2.45) is 17.3 Å². The summed E-state index contributed by atoms with van der Waals surface area (Å²) in [5.41, 5.74) is -0.672. The largest absolute Gasteiger partial charge is 0.389 e. The molecular formula is C14H22F3NO2. The van der Waals surface area contributed by atoms with Crippen LogP contribution in [-0.2, 0) is 9.59 Å². The summed E-state index contributed by atoms with van der Waals surface area (Å²) in [6.07, 6.45) is -4.16. The molecule has 1 saturated heterocycles. The highest BCUT2D eigenvalue weighted by Gasteiger charge is 2.45. The second-order valence-corrected chi connectivity index (χ2v) is 6.39. The molecule has 2 unspecified atom stereocenters. The number of alkyl halides is 3. The van der Waals surface area contributed by atoms with E-state index in [2.05, 4.69) is 5.32 Å². The molecular weight excluding hydrogens is 271 g/mol. The predicted molar refractivity (Wildman–Crippen MR) is 68.7 cm³/mol. The molecule has 1 aliphatic rings. The number of carbonyl (C=O) groups is 2. The molecule has 0 aliphatic carbocycles. The maximum absolute atomic E-state index is 12.2. The topological polar surface area (TPSA) is 46.2 Å². The fraction of sp³-hybridized carbons (Fsp3) is 0.857. The molecule has 1 fully saturated rings. The third-order valence-corrected chi connectivity index (χ3v) is 3.90. The normalized spacial score (nSPS) is 27.9. The van der Waals surface area contributed by atoms with Crippen LogP contribution >= 0.6 is 0 Å². The lowest BCUT2D eigenvalue weighted by atomic mass is 9.66. The first kappa shape index (κ1) is 17.0.